The largest absolute Gasteiger partial charge is 0.481 e. The monoisotopic (exact) mass is 434 g/mol. The van der Waals surface area contributed by atoms with Crippen LogP contribution in [-0.2, 0) is 14.3 Å². The maximum Gasteiger partial charge on any atom is 0.407 e. The van der Waals surface area contributed by atoms with Gasteiger partial charge < -0.3 is 20.1 Å². The number of carbonyl (C=O) groups is 3. The lowest BCUT2D eigenvalue weighted by Gasteiger charge is -2.19. The Bertz CT molecular complexity index is 1010. The first-order valence-corrected chi connectivity index (χ1v) is 11.1. The lowest BCUT2D eigenvalue weighted by molar-refractivity contribution is -0.141. The number of nitrogens with zero attached hydrogens (tertiary/aromatic N) is 1. The molecule has 5 rings (SSSR count). The van der Waals surface area contributed by atoms with Gasteiger partial charge in [-0.1, -0.05) is 48.5 Å². The third kappa shape index (κ3) is 3.72. The van der Waals surface area contributed by atoms with Crippen molar-refractivity contribution in [2.24, 2.45) is 17.8 Å². The van der Waals surface area contributed by atoms with E-state index in [1.54, 1.807) is 4.90 Å². The molecule has 0 bridgehead atoms. The van der Waals surface area contributed by atoms with Crippen molar-refractivity contribution >= 4 is 18.0 Å². The molecule has 2 N–H and O–H groups in total. The summed E-state index contributed by atoms with van der Waals surface area (Å²) in [5.41, 5.74) is 4.71. The van der Waals surface area contributed by atoms with Gasteiger partial charge in [0.25, 0.3) is 0 Å². The van der Waals surface area contributed by atoms with E-state index in [1.807, 2.05) is 24.3 Å². The Morgan fingerprint density at radius 2 is 1.56 bits per heavy atom. The van der Waals surface area contributed by atoms with Gasteiger partial charge in [0.15, 0.2) is 0 Å². The van der Waals surface area contributed by atoms with Crippen molar-refractivity contribution in [3.63, 3.8) is 0 Å². The number of carbonyl (C=O) groups excluding carboxylic acids is 2. The van der Waals surface area contributed by atoms with Crippen LogP contribution in [0.3, 0.4) is 0 Å². The van der Waals surface area contributed by atoms with Crippen molar-refractivity contribution in [2.45, 2.75) is 18.8 Å². The first-order chi connectivity index (χ1) is 15.5. The van der Waals surface area contributed by atoms with Crippen LogP contribution in [0.1, 0.15) is 29.9 Å². The number of fused-ring (bicyclic) bond motifs is 4. The third-order valence-electron chi connectivity index (χ3n) is 7.01. The fraction of sp³-hybridized carbons (Fsp3) is 0.400. The van der Waals surface area contributed by atoms with E-state index in [1.165, 1.54) is 22.3 Å². The molecule has 2 fully saturated rings. The van der Waals surface area contributed by atoms with Gasteiger partial charge in [0.05, 0.1) is 5.92 Å². The van der Waals surface area contributed by atoms with Crippen LogP contribution in [0, 0.1) is 17.8 Å². The highest BCUT2D eigenvalue weighted by atomic mass is 16.5. The predicted molar refractivity (Wildman–Crippen MR) is 117 cm³/mol. The second-order valence-corrected chi connectivity index (χ2v) is 8.85. The molecule has 1 aliphatic heterocycles. The van der Waals surface area contributed by atoms with E-state index < -0.39 is 12.1 Å². The molecule has 2 aromatic carbocycles. The molecule has 1 heterocycles. The number of alkyl carbamates (subject to hydrolysis) is 1. The molecule has 0 spiro atoms. The van der Waals surface area contributed by atoms with Gasteiger partial charge in [-0.05, 0) is 40.5 Å². The van der Waals surface area contributed by atoms with E-state index >= 15 is 0 Å². The summed E-state index contributed by atoms with van der Waals surface area (Å²) in [6.07, 6.45) is 0.379. The van der Waals surface area contributed by atoms with Gasteiger partial charge >= 0.3 is 12.1 Å². The topological polar surface area (TPSA) is 95.9 Å². The van der Waals surface area contributed by atoms with Gasteiger partial charge in [-0.15, -0.1) is 0 Å². The zero-order valence-electron chi connectivity index (χ0n) is 17.7. The summed E-state index contributed by atoms with van der Waals surface area (Å²) >= 11 is 0. The Morgan fingerprint density at radius 1 is 0.969 bits per heavy atom. The van der Waals surface area contributed by atoms with Crippen molar-refractivity contribution in [1.82, 2.24) is 10.2 Å². The minimum Gasteiger partial charge on any atom is -0.481 e. The number of benzene rings is 2. The van der Waals surface area contributed by atoms with E-state index in [-0.39, 0.29) is 36.2 Å². The molecule has 0 aromatic heterocycles. The fourth-order valence-corrected chi connectivity index (χ4v) is 5.33. The summed E-state index contributed by atoms with van der Waals surface area (Å²) in [6.45, 7) is 1.71. The van der Waals surface area contributed by atoms with Crippen LogP contribution in [0.15, 0.2) is 48.5 Å². The molecule has 1 saturated carbocycles. The molecule has 1 unspecified atom stereocenters. The second-order valence-electron chi connectivity index (χ2n) is 8.85. The van der Waals surface area contributed by atoms with Crippen molar-refractivity contribution in [3.8, 4) is 11.1 Å². The smallest absolute Gasteiger partial charge is 0.407 e. The first-order valence-electron chi connectivity index (χ1n) is 11.1. The molecule has 166 valence electrons. The normalized spacial score (nSPS) is 22.6. The highest BCUT2D eigenvalue weighted by Crippen LogP contribution is 2.51. The van der Waals surface area contributed by atoms with Crippen LogP contribution in [-0.4, -0.2) is 54.2 Å². The predicted octanol–water partition coefficient (Wildman–Crippen LogP) is 3.09. The highest BCUT2D eigenvalue weighted by Gasteiger charge is 2.60. The van der Waals surface area contributed by atoms with Crippen molar-refractivity contribution in [3.05, 3.63) is 59.7 Å². The highest BCUT2D eigenvalue weighted by molar-refractivity contribution is 5.80. The zero-order valence-corrected chi connectivity index (χ0v) is 17.7. The number of nitrogens with one attached hydrogen (secondary N) is 1. The Labute approximate surface area is 186 Å². The number of piperidine rings is 1. The van der Waals surface area contributed by atoms with Gasteiger partial charge in [-0.2, -0.15) is 0 Å². The minimum absolute atomic E-state index is 0.0194. The molecule has 3 aliphatic rings. The number of hydrogen-bond donors (Lipinski definition) is 2. The number of aliphatic carboxylic acids is 1. The molecule has 2 amide bonds. The third-order valence-corrected chi connectivity index (χ3v) is 7.01. The molecule has 2 aliphatic carbocycles. The molecule has 2 aromatic rings. The lowest BCUT2D eigenvalue weighted by atomic mass is 9.98. The second kappa shape index (κ2) is 8.30. The molecule has 7 nitrogen and oxygen atoms in total. The zero-order chi connectivity index (χ0) is 22.2. The maximum absolute atomic E-state index is 12.3. The Hall–Kier alpha value is -3.35. The average Bonchev–Trinajstić information content (AvgIpc) is 3.15. The minimum atomic E-state index is -0.751. The number of ether oxygens (including phenoxy) is 1. The number of carboxylic acid groups (broad SMARTS) is 1. The Kier molecular flexibility index (Phi) is 5.33. The summed E-state index contributed by atoms with van der Waals surface area (Å²) in [7, 11) is 0. The number of rotatable bonds is 7. The van der Waals surface area contributed by atoms with Crippen molar-refractivity contribution < 1.29 is 24.2 Å². The average molecular weight is 434 g/mol. The van der Waals surface area contributed by atoms with Gasteiger partial charge in [0.2, 0.25) is 5.91 Å². The molecular formula is C25H26N2O5. The van der Waals surface area contributed by atoms with E-state index in [9.17, 15) is 14.4 Å². The number of amides is 2. The molecule has 1 saturated heterocycles. The molecule has 3 atom stereocenters. The van der Waals surface area contributed by atoms with E-state index in [0.717, 1.165) is 0 Å². The van der Waals surface area contributed by atoms with E-state index in [2.05, 4.69) is 29.6 Å². The summed E-state index contributed by atoms with van der Waals surface area (Å²) in [5, 5.41) is 11.8. The van der Waals surface area contributed by atoms with Gasteiger partial charge in [0.1, 0.15) is 6.61 Å². The van der Waals surface area contributed by atoms with Crippen LogP contribution in [0.2, 0.25) is 0 Å². The maximum atomic E-state index is 12.3. The Morgan fingerprint density at radius 3 is 2.16 bits per heavy atom. The van der Waals surface area contributed by atoms with E-state index in [4.69, 9.17) is 9.84 Å². The number of hydrogen-bond acceptors (Lipinski definition) is 4. The quantitative estimate of drug-likeness (QED) is 0.653. The van der Waals surface area contributed by atoms with Gasteiger partial charge in [-0.3, -0.25) is 9.59 Å². The summed E-state index contributed by atoms with van der Waals surface area (Å²) in [5.74, 6) is -0.735. The van der Waals surface area contributed by atoms with Crippen LogP contribution in [0.4, 0.5) is 4.79 Å². The molecule has 7 heteroatoms. The first kappa shape index (κ1) is 20.5. The molecule has 32 heavy (non-hydrogen) atoms. The number of carboxylic acids is 1. The summed E-state index contributed by atoms with van der Waals surface area (Å²) < 4.78 is 5.50. The van der Waals surface area contributed by atoms with Crippen LogP contribution in [0.25, 0.3) is 11.1 Å². The SMILES string of the molecule is O=C(NCCCC(=O)N1C[C@@H]2C(C(=O)O)[C@@H]2C1)OCC1c2ccccc2-c2ccccc21. The van der Waals surface area contributed by atoms with Gasteiger partial charge in [0, 0.05) is 32.0 Å². The van der Waals surface area contributed by atoms with Crippen molar-refractivity contribution in [2.75, 3.05) is 26.2 Å². The Balaban J connectivity index is 1.04. The van der Waals surface area contributed by atoms with Crippen LogP contribution < -0.4 is 5.32 Å². The van der Waals surface area contributed by atoms with Crippen LogP contribution >= 0.6 is 0 Å². The van der Waals surface area contributed by atoms with E-state index in [0.29, 0.717) is 32.5 Å². The standard InChI is InChI=1S/C25H26N2O5/c28-22(27-12-19-20(13-27)23(19)24(29)30)10-5-11-26-25(31)32-14-21-17-8-3-1-6-15(17)16-7-2-4-9-18(16)21/h1-4,6-9,19-21,23H,5,10-14H2,(H,26,31)(H,29,30)/t19-,20+,23?. The lowest BCUT2D eigenvalue weighted by Crippen LogP contribution is -2.33. The van der Waals surface area contributed by atoms with Crippen LogP contribution in [0.5, 0.6) is 0 Å². The molecular weight excluding hydrogens is 408 g/mol. The molecule has 0 radical (unpaired) electrons. The fourth-order valence-electron chi connectivity index (χ4n) is 5.33. The summed E-state index contributed by atoms with van der Waals surface area (Å²) in [6, 6.07) is 16.4. The van der Waals surface area contributed by atoms with Crippen molar-refractivity contribution in [1.29, 1.82) is 0 Å². The van der Waals surface area contributed by atoms with Gasteiger partial charge in [-0.25, -0.2) is 4.79 Å². The number of likely N-dealkylation sites (tertiary alicyclic amines) is 1. The summed E-state index contributed by atoms with van der Waals surface area (Å²) in [4.78, 5) is 37.3.